The van der Waals surface area contributed by atoms with Crippen molar-refractivity contribution in [3.63, 3.8) is 0 Å². The number of anilines is 2. The Bertz CT molecular complexity index is 736. The predicted molar refractivity (Wildman–Crippen MR) is 98.1 cm³/mol. The maximum absolute atomic E-state index is 11.7. The molecule has 134 valence electrons. The third kappa shape index (κ3) is 5.12. The summed E-state index contributed by atoms with van der Waals surface area (Å²) in [7, 11) is 3.74. The summed E-state index contributed by atoms with van der Waals surface area (Å²) >= 11 is 0. The molecule has 0 bridgehead atoms. The van der Waals surface area contributed by atoms with Crippen LogP contribution in [-0.4, -0.2) is 60.1 Å². The van der Waals surface area contributed by atoms with E-state index in [0.29, 0.717) is 18.2 Å². The molecule has 1 aromatic carbocycles. The van der Waals surface area contributed by atoms with Crippen molar-refractivity contribution in [1.29, 1.82) is 0 Å². The summed E-state index contributed by atoms with van der Waals surface area (Å²) in [6.45, 7) is 5.73. The molecule has 0 radical (unpaired) electrons. The third-order valence-corrected chi connectivity index (χ3v) is 4.31. The molecule has 3 rings (SSSR count). The Morgan fingerprint density at radius 2 is 1.92 bits per heavy atom. The summed E-state index contributed by atoms with van der Waals surface area (Å²) in [5, 5.41) is 3.14. The van der Waals surface area contributed by atoms with E-state index in [2.05, 4.69) is 44.3 Å². The molecule has 2 N–H and O–H groups in total. The van der Waals surface area contributed by atoms with Gasteiger partial charge in [0.2, 0.25) is 5.95 Å². The van der Waals surface area contributed by atoms with E-state index in [1.165, 1.54) is 11.6 Å². The van der Waals surface area contributed by atoms with Crippen molar-refractivity contribution < 1.29 is 4.74 Å². The van der Waals surface area contributed by atoms with Crippen LogP contribution < -0.4 is 10.9 Å². The Kier molecular flexibility index (Phi) is 5.80. The molecular weight excluding hydrogens is 318 g/mol. The number of H-pyrrole nitrogens is 1. The Balaban J connectivity index is 1.62. The second-order valence-corrected chi connectivity index (χ2v) is 6.42. The fourth-order valence-corrected chi connectivity index (χ4v) is 2.88. The summed E-state index contributed by atoms with van der Waals surface area (Å²) in [5.41, 5.74) is 2.57. The van der Waals surface area contributed by atoms with Gasteiger partial charge in [-0.15, -0.1) is 0 Å². The molecule has 0 saturated carbocycles. The van der Waals surface area contributed by atoms with Crippen LogP contribution in [0.25, 0.3) is 0 Å². The Hall–Kier alpha value is -2.22. The molecule has 1 saturated heterocycles. The highest BCUT2D eigenvalue weighted by molar-refractivity contribution is 5.53. The molecule has 2 aromatic rings. The number of methoxy groups -OCH3 is 1. The minimum Gasteiger partial charge on any atom is -0.378 e. The highest BCUT2D eigenvalue weighted by Crippen LogP contribution is 2.15. The maximum Gasteiger partial charge on any atom is 0.252 e. The van der Waals surface area contributed by atoms with Gasteiger partial charge in [0, 0.05) is 51.6 Å². The van der Waals surface area contributed by atoms with Crippen molar-refractivity contribution in [2.24, 2.45) is 0 Å². The zero-order chi connectivity index (χ0) is 17.6. The summed E-state index contributed by atoms with van der Waals surface area (Å²) in [6.07, 6.45) is 0. The average Bonchev–Trinajstić information content (AvgIpc) is 2.58. The molecule has 0 aliphatic carbocycles. The molecule has 1 aliphatic heterocycles. The molecule has 25 heavy (non-hydrogen) atoms. The van der Waals surface area contributed by atoms with Gasteiger partial charge in [-0.1, -0.05) is 12.1 Å². The van der Waals surface area contributed by atoms with E-state index in [1.807, 2.05) is 12.1 Å². The number of piperazine rings is 1. The van der Waals surface area contributed by atoms with E-state index in [9.17, 15) is 4.79 Å². The van der Waals surface area contributed by atoms with E-state index in [4.69, 9.17) is 4.74 Å². The number of hydrogen-bond donors (Lipinski definition) is 2. The lowest BCUT2D eigenvalue weighted by Gasteiger charge is -2.32. The number of ether oxygens (including phenoxy) is 1. The monoisotopic (exact) mass is 343 g/mol. The van der Waals surface area contributed by atoms with Gasteiger partial charge in [-0.3, -0.25) is 14.7 Å². The van der Waals surface area contributed by atoms with Crippen LogP contribution >= 0.6 is 0 Å². The highest BCUT2D eigenvalue weighted by Gasteiger charge is 2.13. The Labute approximate surface area is 147 Å². The number of rotatable bonds is 6. The maximum atomic E-state index is 11.7. The average molecular weight is 343 g/mol. The van der Waals surface area contributed by atoms with Gasteiger partial charge < -0.3 is 15.0 Å². The third-order valence-electron chi connectivity index (χ3n) is 4.31. The van der Waals surface area contributed by atoms with Crippen molar-refractivity contribution >= 4 is 11.6 Å². The van der Waals surface area contributed by atoms with E-state index < -0.39 is 0 Å². The zero-order valence-corrected chi connectivity index (χ0v) is 14.8. The van der Waals surface area contributed by atoms with Crippen LogP contribution in [0.5, 0.6) is 0 Å². The minimum atomic E-state index is -0.198. The minimum absolute atomic E-state index is 0.198. The van der Waals surface area contributed by atoms with E-state index in [0.717, 1.165) is 38.4 Å². The van der Waals surface area contributed by atoms with Crippen molar-refractivity contribution in [2.75, 3.05) is 45.7 Å². The van der Waals surface area contributed by atoms with Crippen molar-refractivity contribution in [3.8, 4) is 0 Å². The van der Waals surface area contributed by atoms with Gasteiger partial charge in [0.05, 0.1) is 12.3 Å². The number of benzene rings is 1. The first-order chi connectivity index (χ1) is 12.1. The first-order valence-electron chi connectivity index (χ1n) is 8.48. The Morgan fingerprint density at radius 1 is 1.20 bits per heavy atom. The lowest BCUT2D eigenvalue weighted by molar-refractivity contribution is 0.148. The van der Waals surface area contributed by atoms with Crippen molar-refractivity contribution in [2.45, 2.75) is 13.2 Å². The van der Waals surface area contributed by atoms with Crippen LogP contribution in [0.1, 0.15) is 11.3 Å². The molecular formula is C18H25N5O2. The standard InChI is InChI=1S/C18H25N5O2/c1-22-7-9-23(10-8-22)12-14-3-5-15(6-4-14)19-18-20-16(13-25-2)11-17(24)21-18/h3-6,11H,7-10,12-13H2,1-2H3,(H2,19,20,21,24). The number of aromatic nitrogens is 2. The lowest BCUT2D eigenvalue weighted by Crippen LogP contribution is -2.43. The Morgan fingerprint density at radius 3 is 2.60 bits per heavy atom. The zero-order valence-electron chi connectivity index (χ0n) is 14.8. The van der Waals surface area contributed by atoms with Crippen LogP contribution in [-0.2, 0) is 17.9 Å². The molecule has 1 aliphatic rings. The molecule has 2 heterocycles. The van der Waals surface area contributed by atoms with E-state index >= 15 is 0 Å². The fourth-order valence-electron chi connectivity index (χ4n) is 2.88. The molecule has 7 nitrogen and oxygen atoms in total. The second-order valence-electron chi connectivity index (χ2n) is 6.42. The van der Waals surface area contributed by atoms with Crippen LogP contribution in [0.3, 0.4) is 0 Å². The first kappa shape index (κ1) is 17.6. The summed E-state index contributed by atoms with van der Waals surface area (Å²) in [5.74, 6) is 0.423. The van der Waals surface area contributed by atoms with Crippen molar-refractivity contribution in [3.05, 3.63) is 51.9 Å². The molecule has 7 heteroatoms. The topological polar surface area (TPSA) is 73.5 Å². The van der Waals surface area contributed by atoms with Gasteiger partial charge in [-0.2, -0.15) is 0 Å². The van der Waals surface area contributed by atoms with Crippen LogP contribution in [0.15, 0.2) is 35.1 Å². The number of likely N-dealkylation sites (N-methyl/N-ethyl adjacent to an activating group) is 1. The molecule has 0 amide bonds. The van der Waals surface area contributed by atoms with Crippen LogP contribution in [0, 0.1) is 0 Å². The van der Waals surface area contributed by atoms with Gasteiger partial charge in [0.25, 0.3) is 5.56 Å². The summed E-state index contributed by atoms with van der Waals surface area (Å²) in [6, 6.07) is 9.67. The number of aromatic amines is 1. The van der Waals surface area contributed by atoms with Gasteiger partial charge in [0.1, 0.15) is 0 Å². The normalized spacial score (nSPS) is 16.1. The smallest absolute Gasteiger partial charge is 0.252 e. The number of nitrogens with zero attached hydrogens (tertiary/aromatic N) is 3. The highest BCUT2D eigenvalue weighted by atomic mass is 16.5. The lowest BCUT2D eigenvalue weighted by atomic mass is 10.2. The van der Waals surface area contributed by atoms with E-state index in [1.54, 1.807) is 7.11 Å². The van der Waals surface area contributed by atoms with E-state index in [-0.39, 0.29) is 5.56 Å². The predicted octanol–water partition coefficient (Wildman–Crippen LogP) is 1.41. The fraction of sp³-hybridized carbons (Fsp3) is 0.444. The molecule has 0 spiro atoms. The largest absolute Gasteiger partial charge is 0.378 e. The van der Waals surface area contributed by atoms with Crippen molar-refractivity contribution in [1.82, 2.24) is 19.8 Å². The molecule has 0 unspecified atom stereocenters. The number of nitrogens with one attached hydrogen (secondary N) is 2. The SMILES string of the molecule is COCc1cc(=O)[nH]c(Nc2ccc(CN3CCN(C)CC3)cc2)n1. The second kappa shape index (κ2) is 8.24. The van der Waals surface area contributed by atoms with Gasteiger partial charge >= 0.3 is 0 Å². The van der Waals surface area contributed by atoms with Crippen LogP contribution in [0.4, 0.5) is 11.6 Å². The number of hydrogen-bond acceptors (Lipinski definition) is 6. The first-order valence-corrected chi connectivity index (χ1v) is 8.48. The molecule has 0 atom stereocenters. The molecule has 1 fully saturated rings. The van der Waals surface area contributed by atoms with Gasteiger partial charge in [0.15, 0.2) is 0 Å². The quantitative estimate of drug-likeness (QED) is 0.826. The van der Waals surface area contributed by atoms with Gasteiger partial charge in [-0.05, 0) is 24.7 Å². The van der Waals surface area contributed by atoms with Crippen LogP contribution in [0.2, 0.25) is 0 Å². The summed E-state index contributed by atoms with van der Waals surface area (Å²) < 4.78 is 5.03. The molecule has 1 aromatic heterocycles. The van der Waals surface area contributed by atoms with Gasteiger partial charge in [-0.25, -0.2) is 4.98 Å². The summed E-state index contributed by atoms with van der Waals surface area (Å²) in [4.78, 5) is 23.5.